The Morgan fingerprint density at radius 2 is 0.938 bits per heavy atom. The molecule has 2 nitrogen and oxygen atoms in total. The molecule has 0 bridgehead atoms. The van der Waals surface area contributed by atoms with Crippen LogP contribution in [-0.2, 0) is 37.9 Å². The van der Waals surface area contributed by atoms with Crippen molar-refractivity contribution in [3.8, 4) is 11.1 Å². The summed E-state index contributed by atoms with van der Waals surface area (Å²) in [4.78, 5) is 5.54. The molecule has 0 saturated heterocycles. The summed E-state index contributed by atoms with van der Waals surface area (Å²) in [6.07, 6.45) is 5.94. The van der Waals surface area contributed by atoms with Crippen LogP contribution in [0.1, 0.15) is 178 Å². The van der Waals surface area contributed by atoms with Crippen molar-refractivity contribution in [1.82, 2.24) is 0 Å². The van der Waals surface area contributed by atoms with Gasteiger partial charge in [0.2, 0.25) is 0 Å². The molecule has 3 heterocycles. The minimum Gasteiger partial charge on any atom is -0.311 e. The third-order valence-corrected chi connectivity index (χ3v) is 19.0. The summed E-state index contributed by atoms with van der Waals surface area (Å²) in [5.41, 5.74) is 30.5. The van der Waals surface area contributed by atoms with Gasteiger partial charge in [-0.2, -0.15) is 0 Å². The van der Waals surface area contributed by atoms with Gasteiger partial charge in [-0.15, -0.1) is 0 Å². The minimum absolute atomic E-state index is 0.0681. The summed E-state index contributed by atoms with van der Waals surface area (Å²) in [7, 11) is 0. The van der Waals surface area contributed by atoms with Gasteiger partial charge in [-0.05, 0) is 198 Å². The van der Waals surface area contributed by atoms with Gasteiger partial charge in [0.25, 0.3) is 6.71 Å². The molecule has 6 aromatic carbocycles. The zero-order valence-electron chi connectivity index (χ0n) is 41.7. The van der Waals surface area contributed by atoms with Crippen LogP contribution >= 0.6 is 0 Å². The monoisotopic (exact) mass is 851 g/mol. The van der Waals surface area contributed by atoms with Crippen molar-refractivity contribution >= 4 is 57.2 Å². The first-order valence-corrected chi connectivity index (χ1v) is 25.0. The van der Waals surface area contributed by atoms with Crippen molar-refractivity contribution < 1.29 is 0 Å². The fourth-order valence-electron chi connectivity index (χ4n) is 15.6. The molecule has 3 aliphatic heterocycles. The Kier molecular flexibility index (Phi) is 7.39. The van der Waals surface area contributed by atoms with Gasteiger partial charge in [-0.25, -0.2) is 0 Å². The third kappa shape index (κ3) is 4.84. The average molecular weight is 851 g/mol. The Morgan fingerprint density at radius 1 is 0.415 bits per heavy atom. The predicted octanol–water partition coefficient (Wildman–Crippen LogP) is 14.4. The van der Waals surface area contributed by atoms with E-state index < -0.39 is 0 Å². The number of anilines is 6. The predicted molar refractivity (Wildman–Crippen MR) is 277 cm³/mol. The van der Waals surface area contributed by atoms with Gasteiger partial charge >= 0.3 is 0 Å². The first kappa shape index (κ1) is 40.3. The van der Waals surface area contributed by atoms with Crippen molar-refractivity contribution in [1.29, 1.82) is 0 Å². The van der Waals surface area contributed by atoms with Crippen LogP contribution in [0.15, 0.2) is 91.0 Å². The van der Waals surface area contributed by atoms with Crippen LogP contribution in [0, 0.1) is 6.92 Å². The second-order valence-electron chi connectivity index (χ2n) is 25.9. The molecular weight excluding hydrogens is 784 g/mol. The fraction of sp³-hybridized carbons (Fsp3) is 0.419. The molecule has 0 spiro atoms. The maximum Gasteiger partial charge on any atom is 0.252 e. The summed E-state index contributed by atoms with van der Waals surface area (Å²) >= 11 is 0. The molecule has 0 fully saturated rings. The highest BCUT2D eigenvalue weighted by molar-refractivity contribution is 7.00. The number of hydrogen-bond donors (Lipinski definition) is 0. The molecule has 328 valence electrons. The maximum absolute atomic E-state index is 2.79. The van der Waals surface area contributed by atoms with E-state index >= 15 is 0 Å². The quantitative estimate of drug-likeness (QED) is 0.152. The fourth-order valence-corrected chi connectivity index (χ4v) is 15.6. The highest BCUT2D eigenvalue weighted by Crippen LogP contribution is 2.65. The van der Waals surface area contributed by atoms with E-state index in [1.54, 1.807) is 5.56 Å². The zero-order chi connectivity index (χ0) is 45.5. The summed E-state index contributed by atoms with van der Waals surface area (Å²) in [5, 5.41) is 0. The van der Waals surface area contributed by atoms with Gasteiger partial charge in [0.1, 0.15) is 0 Å². The molecule has 0 aromatic heterocycles. The summed E-state index contributed by atoms with van der Waals surface area (Å²) in [6, 6.07) is 37.6. The van der Waals surface area contributed by atoms with E-state index in [-0.39, 0.29) is 44.6 Å². The number of aryl methyl sites for hydroxylation is 1. The van der Waals surface area contributed by atoms with Crippen molar-refractivity contribution in [2.24, 2.45) is 0 Å². The molecule has 0 radical (unpaired) electrons. The van der Waals surface area contributed by atoms with Gasteiger partial charge in [-0.3, -0.25) is 0 Å². The third-order valence-electron chi connectivity index (χ3n) is 19.0. The lowest BCUT2D eigenvalue weighted by molar-refractivity contribution is 0.332. The maximum atomic E-state index is 2.79. The van der Waals surface area contributed by atoms with E-state index in [4.69, 9.17) is 0 Å². The molecule has 4 aliphatic carbocycles. The van der Waals surface area contributed by atoms with Gasteiger partial charge in [0.05, 0.1) is 5.69 Å². The van der Waals surface area contributed by atoms with Crippen molar-refractivity contribution in [2.45, 2.75) is 167 Å². The van der Waals surface area contributed by atoms with Gasteiger partial charge < -0.3 is 9.80 Å². The van der Waals surface area contributed by atoms with Crippen LogP contribution in [0.4, 0.5) is 34.1 Å². The lowest BCUT2D eigenvalue weighted by Gasteiger charge is -2.52. The van der Waals surface area contributed by atoms with Crippen LogP contribution in [-0.4, -0.2) is 6.71 Å². The molecule has 1 unspecified atom stereocenters. The normalized spacial score (nSPS) is 23.6. The number of nitrogens with zero attached hydrogens (tertiary/aromatic N) is 2. The van der Waals surface area contributed by atoms with Gasteiger partial charge in [0, 0.05) is 33.9 Å². The summed E-state index contributed by atoms with van der Waals surface area (Å²) < 4.78 is 0. The molecule has 3 heteroatoms. The molecule has 0 saturated carbocycles. The number of fused-ring (bicyclic) bond motifs is 13. The van der Waals surface area contributed by atoms with Crippen LogP contribution in [0.3, 0.4) is 0 Å². The highest BCUT2D eigenvalue weighted by atomic mass is 15.2. The summed E-state index contributed by atoms with van der Waals surface area (Å²) in [6.45, 7) is 35.0. The molecule has 6 aromatic rings. The molecule has 0 N–H and O–H groups in total. The van der Waals surface area contributed by atoms with Gasteiger partial charge in [-0.1, -0.05) is 138 Å². The molecule has 65 heavy (non-hydrogen) atoms. The topological polar surface area (TPSA) is 6.48 Å². The standard InChI is InChI=1S/C62H67BN2/c1-35-28-51-54-55-52(35)62(14)39-20-16-15-18-37(39)38-19-17-21-48(53(38)62)65(55)50-33-45-43(60(10,11)34-61(45,12)13)31-47(50)63(54)46-30-42-44(59(8,9)27-26-58(42,6)7)32-49(46)64(51)36-22-23-40-41(29-36)57(4,5)25-24-56(40,2)3/h15-23,28-33H,24-27,34H2,1-14H3. The largest absolute Gasteiger partial charge is 0.311 e. The lowest BCUT2D eigenvalue weighted by atomic mass is 9.32. The SMILES string of the molecule is Cc1cc2c3c4c1C1(C)c5ccccc5-c5cccc(c51)N4c1cc4c(cc1B3c1cc3c(cc1N2c1ccc2c(c1)C(C)(C)CCC2(C)C)C(C)(C)CCC3(C)C)C(C)(C)CC4(C)C. The highest BCUT2D eigenvalue weighted by Gasteiger charge is 2.56. The van der Waals surface area contributed by atoms with E-state index in [2.05, 4.69) is 198 Å². The lowest BCUT2D eigenvalue weighted by Crippen LogP contribution is -2.63. The molecule has 1 atom stereocenters. The van der Waals surface area contributed by atoms with Crippen LogP contribution in [0.25, 0.3) is 11.1 Å². The molecule has 7 aliphatic rings. The van der Waals surface area contributed by atoms with Crippen molar-refractivity contribution in [3.05, 3.63) is 147 Å². The van der Waals surface area contributed by atoms with Crippen molar-refractivity contribution in [3.63, 3.8) is 0 Å². The van der Waals surface area contributed by atoms with Crippen molar-refractivity contribution in [2.75, 3.05) is 9.80 Å². The van der Waals surface area contributed by atoms with Crippen LogP contribution in [0.5, 0.6) is 0 Å². The number of benzene rings is 6. The van der Waals surface area contributed by atoms with E-state index in [0.29, 0.717) is 0 Å². The smallest absolute Gasteiger partial charge is 0.252 e. The Hall–Kier alpha value is -5.02. The zero-order valence-corrected chi connectivity index (χ0v) is 41.7. The van der Waals surface area contributed by atoms with Gasteiger partial charge in [0.15, 0.2) is 0 Å². The first-order valence-electron chi connectivity index (χ1n) is 25.0. The number of rotatable bonds is 1. The van der Waals surface area contributed by atoms with Crippen LogP contribution in [0.2, 0.25) is 0 Å². The summed E-state index contributed by atoms with van der Waals surface area (Å²) in [5.74, 6) is 0. The first-order chi connectivity index (χ1) is 30.5. The molecule has 13 rings (SSSR count). The number of hydrogen-bond acceptors (Lipinski definition) is 2. The van der Waals surface area contributed by atoms with E-state index in [1.165, 1.54) is 137 Å². The van der Waals surface area contributed by atoms with E-state index in [0.717, 1.165) is 6.42 Å². The Morgan fingerprint density at radius 3 is 1.58 bits per heavy atom. The Labute approximate surface area is 390 Å². The van der Waals surface area contributed by atoms with E-state index in [1.807, 2.05) is 0 Å². The minimum atomic E-state index is -0.304. The Balaban J connectivity index is 1.21. The molecule has 0 amide bonds. The second kappa shape index (κ2) is 11.9. The van der Waals surface area contributed by atoms with E-state index in [9.17, 15) is 0 Å². The average Bonchev–Trinajstić information content (AvgIpc) is 3.61. The van der Waals surface area contributed by atoms with Crippen LogP contribution < -0.4 is 26.2 Å². The Bertz CT molecular complexity index is 3190. The molecular formula is C62H67BN2. The second-order valence-corrected chi connectivity index (χ2v) is 25.9.